The van der Waals surface area contributed by atoms with E-state index in [0.29, 0.717) is 25.3 Å². The monoisotopic (exact) mass is 438 g/mol. The van der Waals surface area contributed by atoms with Crippen molar-refractivity contribution in [1.29, 1.82) is 0 Å². The summed E-state index contributed by atoms with van der Waals surface area (Å²) in [6.45, 7) is 9.63. The second-order valence-electron chi connectivity index (χ2n) is 9.59. The number of pyridine rings is 1. The molecule has 0 aromatic carbocycles. The van der Waals surface area contributed by atoms with Crippen LogP contribution in [-0.2, 0) is 24.9 Å². The van der Waals surface area contributed by atoms with Crippen LogP contribution >= 0.6 is 0 Å². The van der Waals surface area contributed by atoms with Gasteiger partial charge in [0, 0.05) is 57.4 Å². The molecule has 2 aliphatic rings. The number of likely N-dealkylation sites (tertiary alicyclic amines) is 1. The highest BCUT2D eigenvalue weighted by Gasteiger charge is 2.57. The summed E-state index contributed by atoms with van der Waals surface area (Å²) in [6.07, 6.45) is 7.71. The normalized spacial score (nSPS) is 19.0. The van der Waals surface area contributed by atoms with E-state index in [4.69, 9.17) is 0 Å². The Labute approximate surface area is 190 Å². The van der Waals surface area contributed by atoms with Gasteiger partial charge in [-0.25, -0.2) is 4.79 Å². The Kier molecular flexibility index (Phi) is 6.33. The van der Waals surface area contributed by atoms with Crippen LogP contribution in [0.4, 0.5) is 4.79 Å². The molecule has 3 amide bonds. The first-order valence-corrected chi connectivity index (χ1v) is 11.5. The zero-order valence-corrected chi connectivity index (χ0v) is 19.6. The van der Waals surface area contributed by atoms with Crippen molar-refractivity contribution in [3.63, 3.8) is 0 Å². The summed E-state index contributed by atoms with van der Waals surface area (Å²) in [4.78, 5) is 36.9. The summed E-state index contributed by atoms with van der Waals surface area (Å²) in [7, 11) is 1.94. The van der Waals surface area contributed by atoms with Gasteiger partial charge in [0.05, 0.1) is 12.2 Å². The van der Waals surface area contributed by atoms with Gasteiger partial charge < -0.3 is 4.90 Å². The van der Waals surface area contributed by atoms with Crippen LogP contribution in [0.3, 0.4) is 0 Å². The van der Waals surface area contributed by atoms with E-state index in [1.165, 1.54) is 10.5 Å². The fourth-order valence-electron chi connectivity index (χ4n) is 4.90. The molecule has 8 nitrogen and oxygen atoms in total. The molecule has 0 atom stereocenters. The van der Waals surface area contributed by atoms with Gasteiger partial charge in [0.1, 0.15) is 5.54 Å². The Hall–Kier alpha value is -2.74. The van der Waals surface area contributed by atoms with Crippen molar-refractivity contribution in [3.05, 3.63) is 47.5 Å². The highest BCUT2D eigenvalue weighted by molar-refractivity contribution is 6.07. The van der Waals surface area contributed by atoms with E-state index in [2.05, 4.69) is 35.0 Å². The number of hydrogen-bond acceptors (Lipinski definition) is 5. The molecule has 2 aliphatic heterocycles. The number of amides is 3. The van der Waals surface area contributed by atoms with Crippen molar-refractivity contribution in [3.8, 4) is 0 Å². The molecule has 172 valence electrons. The molecule has 4 rings (SSSR count). The number of imide groups is 1. The van der Waals surface area contributed by atoms with Crippen molar-refractivity contribution >= 4 is 11.9 Å². The number of carbonyl (C=O) groups excluding carboxylic acids is 2. The molecule has 2 aromatic rings. The molecule has 4 heterocycles. The predicted molar refractivity (Wildman–Crippen MR) is 122 cm³/mol. The SMILES string of the molecule is Cc1nn(C)cc1CN1CCC2(CC1)C(=O)N(Cc1cccnc1)C(=O)N2CCC(C)C. The number of piperidine rings is 1. The minimum Gasteiger partial charge on any atom is -0.309 e. The third-order valence-electron chi connectivity index (χ3n) is 6.81. The van der Waals surface area contributed by atoms with E-state index in [1.54, 1.807) is 12.4 Å². The number of aromatic nitrogens is 3. The Morgan fingerprint density at radius 3 is 2.50 bits per heavy atom. The molecule has 8 heteroatoms. The molecule has 0 N–H and O–H groups in total. The highest BCUT2D eigenvalue weighted by atomic mass is 16.2. The van der Waals surface area contributed by atoms with Gasteiger partial charge in [-0.3, -0.25) is 24.3 Å². The molecule has 1 spiro atoms. The van der Waals surface area contributed by atoms with Crippen LogP contribution in [0.15, 0.2) is 30.7 Å². The van der Waals surface area contributed by atoms with E-state index >= 15 is 0 Å². The largest absolute Gasteiger partial charge is 0.327 e. The lowest BCUT2D eigenvalue weighted by atomic mass is 9.85. The second kappa shape index (κ2) is 9.02. The van der Waals surface area contributed by atoms with E-state index in [-0.39, 0.29) is 18.5 Å². The van der Waals surface area contributed by atoms with Crippen molar-refractivity contribution < 1.29 is 9.59 Å². The lowest BCUT2D eigenvalue weighted by molar-refractivity contribution is -0.136. The smallest absolute Gasteiger partial charge is 0.309 e. The number of urea groups is 1. The number of rotatable bonds is 7. The maximum atomic E-state index is 13.7. The summed E-state index contributed by atoms with van der Waals surface area (Å²) in [6, 6.07) is 3.59. The standard InChI is InChI=1S/C24H34N6O2/c1-18(2)7-11-30-23(32)29(15-20-6-5-10-25-14-20)22(31)24(30)8-12-28(13-9-24)17-21-16-27(4)26-19(21)3/h5-6,10,14,16,18H,7-9,11-13,15,17H2,1-4H3. The molecule has 0 bridgehead atoms. The summed E-state index contributed by atoms with van der Waals surface area (Å²) < 4.78 is 1.85. The molecular formula is C24H34N6O2. The van der Waals surface area contributed by atoms with E-state index in [1.807, 2.05) is 35.7 Å². The molecular weight excluding hydrogens is 404 g/mol. The van der Waals surface area contributed by atoms with Crippen LogP contribution in [0.25, 0.3) is 0 Å². The zero-order valence-electron chi connectivity index (χ0n) is 19.6. The second-order valence-corrected chi connectivity index (χ2v) is 9.59. The summed E-state index contributed by atoms with van der Waals surface area (Å²) in [5.41, 5.74) is 2.40. The topological polar surface area (TPSA) is 74.6 Å². The van der Waals surface area contributed by atoms with Gasteiger partial charge in [-0.2, -0.15) is 5.10 Å². The minimum absolute atomic E-state index is 0.0488. The van der Waals surface area contributed by atoms with Gasteiger partial charge in [0.2, 0.25) is 0 Å². The molecule has 2 saturated heterocycles. The van der Waals surface area contributed by atoms with Crippen molar-refractivity contribution in [2.24, 2.45) is 13.0 Å². The average Bonchev–Trinajstić information content (AvgIpc) is 3.17. The predicted octanol–water partition coefficient (Wildman–Crippen LogP) is 2.97. The van der Waals surface area contributed by atoms with E-state index in [0.717, 1.165) is 37.3 Å². The number of hydrogen-bond donors (Lipinski definition) is 0. The zero-order chi connectivity index (χ0) is 22.9. The lowest BCUT2D eigenvalue weighted by Crippen LogP contribution is -2.56. The Morgan fingerprint density at radius 1 is 1.16 bits per heavy atom. The third kappa shape index (κ3) is 4.28. The first kappa shape index (κ1) is 22.5. The lowest BCUT2D eigenvalue weighted by Gasteiger charge is -2.42. The quantitative estimate of drug-likeness (QED) is 0.622. The van der Waals surface area contributed by atoms with E-state index in [9.17, 15) is 9.59 Å². The van der Waals surface area contributed by atoms with Crippen molar-refractivity contribution in [2.75, 3.05) is 19.6 Å². The summed E-state index contributed by atoms with van der Waals surface area (Å²) >= 11 is 0. The molecule has 0 aliphatic carbocycles. The first-order chi connectivity index (χ1) is 15.3. The fourth-order valence-corrected chi connectivity index (χ4v) is 4.90. The minimum atomic E-state index is -0.728. The number of aryl methyl sites for hydroxylation is 2. The highest BCUT2D eigenvalue weighted by Crippen LogP contribution is 2.38. The van der Waals surface area contributed by atoms with Crippen LogP contribution in [0, 0.1) is 12.8 Å². The Morgan fingerprint density at radius 2 is 1.91 bits per heavy atom. The van der Waals surface area contributed by atoms with Crippen molar-refractivity contribution in [2.45, 2.75) is 58.7 Å². The maximum Gasteiger partial charge on any atom is 0.327 e. The first-order valence-electron chi connectivity index (χ1n) is 11.5. The number of carbonyl (C=O) groups is 2. The van der Waals surface area contributed by atoms with Crippen LogP contribution in [-0.4, -0.2) is 66.6 Å². The van der Waals surface area contributed by atoms with Gasteiger partial charge in [-0.05, 0) is 43.7 Å². The Balaban J connectivity index is 1.52. The van der Waals surface area contributed by atoms with Crippen LogP contribution < -0.4 is 0 Å². The molecule has 2 aromatic heterocycles. The van der Waals surface area contributed by atoms with Crippen LogP contribution in [0.1, 0.15) is 49.9 Å². The van der Waals surface area contributed by atoms with Gasteiger partial charge in [-0.1, -0.05) is 19.9 Å². The van der Waals surface area contributed by atoms with E-state index < -0.39 is 5.54 Å². The fraction of sp³-hybridized carbons (Fsp3) is 0.583. The summed E-state index contributed by atoms with van der Waals surface area (Å²) in [5, 5.41) is 4.44. The third-order valence-corrected chi connectivity index (χ3v) is 6.81. The Bertz CT molecular complexity index is 962. The van der Waals surface area contributed by atoms with Crippen LogP contribution in [0.5, 0.6) is 0 Å². The molecule has 32 heavy (non-hydrogen) atoms. The molecule has 2 fully saturated rings. The van der Waals surface area contributed by atoms with Crippen LogP contribution in [0.2, 0.25) is 0 Å². The van der Waals surface area contributed by atoms with Gasteiger partial charge in [0.15, 0.2) is 0 Å². The maximum absolute atomic E-state index is 13.7. The van der Waals surface area contributed by atoms with Gasteiger partial charge in [0.25, 0.3) is 5.91 Å². The van der Waals surface area contributed by atoms with Crippen molar-refractivity contribution in [1.82, 2.24) is 29.5 Å². The molecule has 0 radical (unpaired) electrons. The van der Waals surface area contributed by atoms with Gasteiger partial charge >= 0.3 is 6.03 Å². The molecule has 0 saturated carbocycles. The van der Waals surface area contributed by atoms with Gasteiger partial charge in [-0.15, -0.1) is 0 Å². The number of nitrogens with zero attached hydrogens (tertiary/aromatic N) is 6. The summed E-state index contributed by atoms with van der Waals surface area (Å²) in [5.74, 6) is 0.420. The molecule has 0 unspecified atom stereocenters. The average molecular weight is 439 g/mol.